The van der Waals surface area contributed by atoms with E-state index in [9.17, 15) is 13.2 Å². The van der Waals surface area contributed by atoms with Gasteiger partial charge in [0.25, 0.3) is 0 Å². The summed E-state index contributed by atoms with van der Waals surface area (Å²) in [7, 11) is -3.51. The van der Waals surface area contributed by atoms with Gasteiger partial charge in [-0.1, -0.05) is 30.2 Å². The molecule has 1 fully saturated rings. The number of carbonyl (C=O) groups is 1. The molecule has 5 nitrogen and oxygen atoms in total. The van der Waals surface area contributed by atoms with Gasteiger partial charge >= 0.3 is 0 Å². The Kier molecular flexibility index (Phi) is 7.04. The fraction of sp³-hybridized carbons (Fsp3) is 0.381. The molecule has 1 saturated heterocycles. The molecule has 150 valence electrons. The van der Waals surface area contributed by atoms with E-state index in [0.717, 1.165) is 29.7 Å². The molecule has 2 aromatic rings. The summed E-state index contributed by atoms with van der Waals surface area (Å²) in [6.07, 6.45) is 6.63. The predicted octanol–water partition coefficient (Wildman–Crippen LogP) is 3.82. The van der Waals surface area contributed by atoms with Gasteiger partial charge in [-0.05, 0) is 55.8 Å². The number of thiophene rings is 1. The lowest BCUT2D eigenvalue weighted by Gasteiger charge is -2.34. The number of amides is 1. The highest BCUT2D eigenvalue weighted by Gasteiger charge is 2.33. The molecule has 1 aromatic heterocycles. The molecule has 0 saturated carbocycles. The van der Waals surface area contributed by atoms with E-state index in [2.05, 4.69) is 5.32 Å². The highest BCUT2D eigenvalue weighted by Crippen LogP contribution is 2.27. The van der Waals surface area contributed by atoms with Gasteiger partial charge in [-0.15, -0.1) is 11.3 Å². The Morgan fingerprint density at radius 2 is 2.04 bits per heavy atom. The standard InChI is InChI=1S/C21H26N2O3S2/c1-17-7-10-20(11-8-17)28(25,26)23-15-3-2-5-18(23)13-14-22-21(24)12-9-19-6-4-16-27-19/h4,6-12,16,18H,2-3,5,13-15H2,1H3,(H,22,24)/b12-9+. The van der Waals surface area contributed by atoms with Crippen molar-refractivity contribution < 1.29 is 13.2 Å². The van der Waals surface area contributed by atoms with Crippen LogP contribution in [-0.2, 0) is 14.8 Å². The summed E-state index contributed by atoms with van der Waals surface area (Å²) in [5, 5.41) is 4.83. The van der Waals surface area contributed by atoms with Crippen LogP contribution < -0.4 is 5.32 Å². The molecule has 3 rings (SSSR count). The average Bonchev–Trinajstić information content (AvgIpc) is 3.21. The molecule has 1 aliphatic rings. The number of nitrogens with one attached hydrogen (secondary N) is 1. The van der Waals surface area contributed by atoms with Crippen molar-refractivity contribution in [2.75, 3.05) is 13.1 Å². The summed E-state index contributed by atoms with van der Waals surface area (Å²) >= 11 is 1.57. The van der Waals surface area contributed by atoms with Crippen LogP contribution in [0.15, 0.2) is 52.7 Å². The van der Waals surface area contributed by atoms with Crippen molar-refractivity contribution in [2.45, 2.75) is 43.5 Å². The number of hydrogen-bond donors (Lipinski definition) is 1. The third-order valence-electron chi connectivity index (χ3n) is 4.92. The lowest BCUT2D eigenvalue weighted by atomic mass is 10.0. The molecule has 2 heterocycles. The number of rotatable bonds is 7. The Balaban J connectivity index is 1.58. The van der Waals surface area contributed by atoms with E-state index >= 15 is 0 Å². The van der Waals surface area contributed by atoms with E-state index in [-0.39, 0.29) is 11.9 Å². The molecule has 28 heavy (non-hydrogen) atoms. The highest BCUT2D eigenvalue weighted by atomic mass is 32.2. The molecule has 1 aliphatic heterocycles. The van der Waals surface area contributed by atoms with Gasteiger partial charge in [-0.25, -0.2) is 8.42 Å². The molecular formula is C21H26N2O3S2. The first-order valence-electron chi connectivity index (χ1n) is 9.55. The predicted molar refractivity (Wildman–Crippen MR) is 114 cm³/mol. The smallest absolute Gasteiger partial charge is 0.244 e. The van der Waals surface area contributed by atoms with E-state index in [1.54, 1.807) is 33.9 Å². The monoisotopic (exact) mass is 418 g/mol. The molecule has 1 N–H and O–H groups in total. The van der Waals surface area contributed by atoms with Crippen LogP contribution in [0, 0.1) is 6.92 Å². The lowest BCUT2D eigenvalue weighted by molar-refractivity contribution is -0.116. The second kappa shape index (κ2) is 9.49. The normalized spacial score (nSPS) is 18.4. The van der Waals surface area contributed by atoms with Gasteiger partial charge < -0.3 is 5.32 Å². The first-order chi connectivity index (χ1) is 13.5. The largest absolute Gasteiger partial charge is 0.352 e. The van der Waals surface area contributed by atoms with Gasteiger partial charge in [-0.3, -0.25) is 4.79 Å². The van der Waals surface area contributed by atoms with Crippen molar-refractivity contribution in [2.24, 2.45) is 0 Å². The van der Waals surface area contributed by atoms with Gasteiger partial charge in [-0.2, -0.15) is 4.31 Å². The molecule has 0 radical (unpaired) electrons. The lowest BCUT2D eigenvalue weighted by Crippen LogP contribution is -2.45. The number of carbonyl (C=O) groups excluding carboxylic acids is 1. The molecule has 1 aromatic carbocycles. The summed E-state index contributed by atoms with van der Waals surface area (Å²) in [6, 6.07) is 10.8. The number of sulfonamides is 1. The summed E-state index contributed by atoms with van der Waals surface area (Å²) < 4.78 is 27.8. The second-order valence-corrected chi connectivity index (χ2v) is 9.88. The van der Waals surface area contributed by atoms with E-state index < -0.39 is 10.0 Å². The van der Waals surface area contributed by atoms with Crippen molar-refractivity contribution in [3.05, 3.63) is 58.3 Å². The van der Waals surface area contributed by atoms with E-state index in [1.807, 2.05) is 36.6 Å². The van der Waals surface area contributed by atoms with Crippen LogP contribution in [0.4, 0.5) is 0 Å². The third-order valence-corrected chi connectivity index (χ3v) is 7.72. The summed E-state index contributed by atoms with van der Waals surface area (Å²) in [4.78, 5) is 13.4. The molecular weight excluding hydrogens is 392 g/mol. The fourth-order valence-electron chi connectivity index (χ4n) is 3.39. The third kappa shape index (κ3) is 5.31. The SMILES string of the molecule is Cc1ccc(S(=O)(=O)N2CCCCC2CCNC(=O)/C=C/c2cccs2)cc1. The van der Waals surface area contributed by atoms with Gasteiger partial charge in [0.1, 0.15) is 0 Å². The number of benzene rings is 1. The topological polar surface area (TPSA) is 66.5 Å². The Morgan fingerprint density at radius 3 is 2.75 bits per heavy atom. The molecule has 7 heteroatoms. The molecule has 1 unspecified atom stereocenters. The van der Waals surface area contributed by atoms with Gasteiger partial charge in [0.2, 0.25) is 15.9 Å². The first kappa shape index (κ1) is 20.8. The zero-order valence-corrected chi connectivity index (χ0v) is 17.6. The summed E-state index contributed by atoms with van der Waals surface area (Å²) in [6.45, 7) is 2.93. The second-order valence-electron chi connectivity index (χ2n) is 7.01. The van der Waals surface area contributed by atoms with Gasteiger partial charge in [0.15, 0.2) is 0 Å². The van der Waals surface area contributed by atoms with Gasteiger partial charge in [0, 0.05) is 30.1 Å². The average molecular weight is 419 g/mol. The quantitative estimate of drug-likeness (QED) is 0.695. The maximum atomic E-state index is 13.1. The van der Waals surface area contributed by atoms with Crippen LogP contribution in [0.3, 0.4) is 0 Å². The van der Waals surface area contributed by atoms with Crippen LogP contribution >= 0.6 is 11.3 Å². The summed E-state index contributed by atoms with van der Waals surface area (Å²) in [5.74, 6) is -0.155. The number of aryl methyl sites for hydroxylation is 1. The van der Waals surface area contributed by atoms with Crippen LogP contribution in [0.5, 0.6) is 0 Å². The minimum atomic E-state index is -3.51. The number of nitrogens with zero attached hydrogens (tertiary/aromatic N) is 1. The van der Waals surface area contributed by atoms with Crippen molar-refractivity contribution in [1.82, 2.24) is 9.62 Å². The van der Waals surface area contributed by atoms with Crippen LogP contribution in [0.2, 0.25) is 0 Å². The molecule has 1 amide bonds. The Labute approximate surface area is 171 Å². The molecule has 0 bridgehead atoms. The van der Waals surface area contributed by atoms with Crippen molar-refractivity contribution in [1.29, 1.82) is 0 Å². The van der Waals surface area contributed by atoms with Gasteiger partial charge in [0.05, 0.1) is 4.90 Å². The molecule has 0 aliphatic carbocycles. The van der Waals surface area contributed by atoms with E-state index in [4.69, 9.17) is 0 Å². The maximum absolute atomic E-state index is 13.1. The Bertz CT molecular complexity index is 904. The van der Waals surface area contributed by atoms with E-state index in [1.165, 1.54) is 6.08 Å². The molecule has 0 spiro atoms. The highest BCUT2D eigenvalue weighted by molar-refractivity contribution is 7.89. The summed E-state index contributed by atoms with van der Waals surface area (Å²) in [5.41, 5.74) is 1.03. The zero-order chi connectivity index (χ0) is 20.0. The fourth-order valence-corrected chi connectivity index (χ4v) is 5.73. The van der Waals surface area contributed by atoms with E-state index in [0.29, 0.717) is 24.4 Å². The van der Waals surface area contributed by atoms with Crippen molar-refractivity contribution in [3.8, 4) is 0 Å². The number of piperidine rings is 1. The Morgan fingerprint density at radius 1 is 1.25 bits per heavy atom. The minimum Gasteiger partial charge on any atom is -0.352 e. The maximum Gasteiger partial charge on any atom is 0.244 e. The van der Waals surface area contributed by atoms with Crippen molar-refractivity contribution in [3.63, 3.8) is 0 Å². The van der Waals surface area contributed by atoms with Crippen molar-refractivity contribution >= 4 is 33.3 Å². The molecule has 1 atom stereocenters. The van der Waals surface area contributed by atoms with Crippen LogP contribution in [0.25, 0.3) is 6.08 Å². The van der Waals surface area contributed by atoms with Crippen LogP contribution in [0.1, 0.15) is 36.1 Å². The Hall–Kier alpha value is -1.96. The number of hydrogen-bond acceptors (Lipinski definition) is 4. The van der Waals surface area contributed by atoms with Crippen LogP contribution in [-0.4, -0.2) is 37.8 Å². The first-order valence-corrected chi connectivity index (χ1v) is 11.9. The zero-order valence-electron chi connectivity index (χ0n) is 16.0. The minimum absolute atomic E-state index is 0.0818.